The van der Waals surface area contributed by atoms with Crippen LogP contribution in [0.2, 0.25) is 0 Å². The van der Waals surface area contributed by atoms with Gasteiger partial charge in [-0.05, 0) is 43.7 Å². The molecule has 0 spiro atoms. The lowest BCUT2D eigenvalue weighted by molar-refractivity contribution is 0.174. The zero-order chi connectivity index (χ0) is 13.3. The molecule has 19 heavy (non-hydrogen) atoms. The fraction of sp³-hybridized carbons (Fsp3) is 0.438. The summed E-state index contributed by atoms with van der Waals surface area (Å²) in [5.74, 6) is 0. The van der Waals surface area contributed by atoms with Crippen molar-refractivity contribution in [2.75, 3.05) is 6.61 Å². The molecule has 1 aliphatic carbocycles. The van der Waals surface area contributed by atoms with Crippen LogP contribution >= 0.6 is 11.3 Å². The minimum absolute atomic E-state index is 0.103. The van der Waals surface area contributed by atoms with E-state index in [-0.39, 0.29) is 12.0 Å². The highest BCUT2D eigenvalue weighted by molar-refractivity contribution is 7.11. The molecule has 3 rings (SSSR count). The molecule has 0 fully saturated rings. The van der Waals surface area contributed by atoms with Gasteiger partial charge in [0.2, 0.25) is 0 Å². The van der Waals surface area contributed by atoms with E-state index in [1.807, 2.05) is 13.1 Å². The predicted octanol–water partition coefficient (Wildman–Crippen LogP) is 3.26. The van der Waals surface area contributed by atoms with Gasteiger partial charge in [-0.1, -0.05) is 24.3 Å². The first-order chi connectivity index (χ1) is 9.23. The molecule has 0 aliphatic heterocycles. The van der Waals surface area contributed by atoms with Crippen LogP contribution in [0, 0.1) is 6.92 Å². The highest BCUT2D eigenvalue weighted by atomic mass is 32.1. The van der Waals surface area contributed by atoms with Crippen LogP contribution in [-0.2, 0) is 18.3 Å². The number of aliphatic hydroxyl groups is 1. The molecule has 2 aromatic rings. The summed E-state index contributed by atoms with van der Waals surface area (Å²) < 4.78 is 0. The van der Waals surface area contributed by atoms with E-state index in [0.29, 0.717) is 0 Å². The molecule has 1 aromatic carbocycles. The first-order valence-corrected chi connectivity index (χ1v) is 7.66. The minimum Gasteiger partial charge on any atom is -0.395 e. The van der Waals surface area contributed by atoms with E-state index in [4.69, 9.17) is 0 Å². The third-order valence-corrected chi connectivity index (χ3v) is 5.09. The molecule has 100 valence electrons. The molecule has 1 N–H and O–H groups in total. The van der Waals surface area contributed by atoms with Crippen molar-refractivity contribution < 1.29 is 5.11 Å². The maximum absolute atomic E-state index is 10.0. The second-order valence-corrected chi connectivity index (χ2v) is 6.79. The number of aliphatic hydroxyl groups excluding tert-OH is 1. The number of thiazole rings is 1. The van der Waals surface area contributed by atoms with Gasteiger partial charge >= 0.3 is 0 Å². The molecule has 1 aromatic heterocycles. The molecule has 0 saturated carbocycles. The molecule has 1 unspecified atom stereocenters. The Balaban J connectivity index is 2.00. The topological polar surface area (TPSA) is 33.1 Å². The normalized spacial score (nSPS) is 22.2. The van der Waals surface area contributed by atoms with Gasteiger partial charge in [0.05, 0.1) is 11.6 Å². The van der Waals surface area contributed by atoms with Crippen LogP contribution < -0.4 is 0 Å². The summed E-state index contributed by atoms with van der Waals surface area (Å²) >= 11 is 1.75. The fourth-order valence-electron chi connectivity index (χ4n) is 3.23. The van der Waals surface area contributed by atoms with Gasteiger partial charge in [0, 0.05) is 16.5 Å². The molecule has 0 amide bonds. The zero-order valence-electron chi connectivity index (χ0n) is 11.2. The van der Waals surface area contributed by atoms with Crippen molar-refractivity contribution in [3.05, 3.63) is 51.5 Å². The molecule has 1 heterocycles. The van der Waals surface area contributed by atoms with Crippen molar-refractivity contribution in [3.8, 4) is 0 Å². The van der Waals surface area contributed by atoms with E-state index in [0.717, 1.165) is 30.7 Å². The Bertz CT molecular complexity index is 578. The number of hydrogen-bond donors (Lipinski definition) is 1. The van der Waals surface area contributed by atoms with E-state index in [1.54, 1.807) is 11.3 Å². The van der Waals surface area contributed by atoms with Crippen LogP contribution in [0.5, 0.6) is 0 Å². The van der Waals surface area contributed by atoms with Crippen LogP contribution in [0.4, 0.5) is 0 Å². The Morgan fingerprint density at radius 1 is 1.37 bits per heavy atom. The summed E-state index contributed by atoms with van der Waals surface area (Å²) in [4.78, 5) is 5.62. The van der Waals surface area contributed by atoms with E-state index >= 15 is 0 Å². The number of rotatable bonds is 3. The van der Waals surface area contributed by atoms with Gasteiger partial charge in [0.15, 0.2) is 0 Å². The number of nitrogens with zero attached hydrogens (tertiary/aromatic N) is 1. The molecule has 2 nitrogen and oxygen atoms in total. The standard InChI is InChI=1S/C16H19NOS/c1-12-17-10-14(19-12)9-16(11-18)8-4-6-13-5-2-3-7-15(13)16/h2-3,5,7,10,18H,4,6,8-9,11H2,1H3. The smallest absolute Gasteiger partial charge is 0.0896 e. The average Bonchev–Trinajstić information content (AvgIpc) is 2.84. The first kappa shape index (κ1) is 12.8. The highest BCUT2D eigenvalue weighted by Gasteiger charge is 2.36. The Labute approximate surface area is 118 Å². The van der Waals surface area contributed by atoms with Gasteiger partial charge in [-0.15, -0.1) is 11.3 Å². The van der Waals surface area contributed by atoms with Gasteiger partial charge < -0.3 is 5.11 Å². The van der Waals surface area contributed by atoms with Crippen molar-refractivity contribution in [1.82, 2.24) is 4.98 Å². The molecule has 1 aliphatic rings. The Morgan fingerprint density at radius 3 is 2.95 bits per heavy atom. The number of benzene rings is 1. The van der Waals surface area contributed by atoms with Crippen molar-refractivity contribution in [2.24, 2.45) is 0 Å². The number of fused-ring (bicyclic) bond motifs is 1. The van der Waals surface area contributed by atoms with Crippen LogP contribution in [-0.4, -0.2) is 16.7 Å². The second-order valence-electron chi connectivity index (χ2n) is 5.47. The molecule has 0 saturated heterocycles. The van der Waals surface area contributed by atoms with E-state index < -0.39 is 0 Å². The molecule has 1 atom stereocenters. The minimum atomic E-state index is -0.103. The molecule has 0 bridgehead atoms. The highest BCUT2D eigenvalue weighted by Crippen LogP contribution is 2.40. The van der Waals surface area contributed by atoms with Crippen LogP contribution in [0.25, 0.3) is 0 Å². The Hall–Kier alpha value is -1.19. The van der Waals surface area contributed by atoms with Gasteiger partial charge in [0.1, 0.15) is 0 Å². The SMILES string of the molecule is Cc1ncc(CC2(CO)CCCc3ccccc32)s1. The Morgan fingerprint density at radius 2 is 2.21 bits per heavy atom. The van der Waals surface area contributed by atoms with Crippen molar-refractivity contribution in [3.63, 3.8) is 0 Å². The zero-order valence-corrected chi connectivity index (χ0v) is 12.0. The van der Waals surface area contributed by atoms with Gasteiger partial charge in [-0.25, -0.2) is 4.98 Å². The molecular weight excluding hydrogens is 254 g/mol. The quantitative estimate of drug-likeness (QED) is 0.931. The summed E-state index contributed by atoms with van der Waals surface area (Å²) in [5, 5.41) is 11.1. The summed E-state index contributed by atoms with van der Waals surface area (Å²) in [6, 6.07) is 8.59. The maximum atomic E-state index is 10.0. The lowest BCUT2D eigenvalue weighted by Gasteiger charge is -2.37. The van der Waals surface area contributed by atoms with Crippen molar-refractivity contribution in [1.29, 1.82) is 0 Å². The average molecular weight is 273 g/mol. The summed E-state index contributed by atoms with van der Waals surface area (Å²) in [6.45, 7) is 2.26. The predicted molar refractivity (Wildman–Crippen MR) is 78.7 cm³/mol. The van der Waals surface area contributed by atoms with E-state index in [1.165, 1.54) is 16.0 Å². The first-order valence-electron chi connectivity index (χ1n) is 6.84. The number of aryl methyl sites for hydroxylation is 2. The van der Waals surface area contributed by atoms with Crippen LogP contribution in [0.3, 0.4) is 0 Å². The summed E-state index contributed by atoms with van der Waals surface area (Å²) in [7, 11) is 0. The molecular formula is C16H19NOS. The van der Waals surface area contributed by atoms with Gasteiger partial charge in [-0.3, -0.25) is 0 Å². The second kappa shape index (κ2) is 5.06. The third kappa shape index (κ3) is 2.33. The van der Waals surface area contributed by atoms with E-state index in [2.05, 4.69) is 29.2 Å². The maximum Gasteiger partial charge on any atom is 0.0896 e. The van der Waals surface area contributed by atoms with Crippen LogP contribution in [0.1, 0.15) is 33.9 Å². The Kier molecular flexibility index (Phi) is 3.42. The number of hydrogen-bond acceptors (Lipinski definition) is 3. The lowest BCUT2D eigenvalue weighted by atomic mass is 9.68. The monoisotopic (exact) mass is 273 g/mol. The summed E-state index contributed by atoms with van der Waals surface area (Å²) in [6.07, 6.45) is 6.24. The summed E-state index contributed by atoms with van der Waals surface area (Å²) in [5.41, 5.74) is 2.65. The lowest BCUT2D eigenvalue weighted by Crippen LogP contribution is -2.36. The van der Waals surface area contributed by atoms with E-state index in [9.17, 15) is 5.11 Å². The fourth-order valence-corrected chi connectivity index (χ4v) is 4.17. The van der Waals surface area contributed by atoms with Gasteiger partial charge in [-0.2, -0.15) is 0 Å². The van der Waals surface area contributed by atoms with Crippen LogP contribution in [0.15, 0.2) is 30.5 Å². The molecule has 3 heteroatoms. The number of aromatic nitrogens is 1. The molecule has 0 radical (unpaired) electrons. The van der Waals surface area contributed by atoms with Gasteiger partial charge in [0.25, 0.3) is 0 Å². The third-order valence-electron chi connectivity index (χ3n) is 4.17. The van der Waals surface area contributed by atoms with Crippen molar-refractivity contribution >= 4 is 11.3 Å². The largest absolute Gasteiger partial charge is 0.395 e. The van der Waals surface area contributed by atoms with Crippen molar-refractivity contribution in [2.45, 2.75) is 38.0 Å².